The monoisotopic (exact) mass is 562 g/mol. The van der Waals surface area contributed by atoms with E-state index in [0.29, 0.717) is 58.6 Å². The molecule has 2 amide bonds. The number of likely N-dealkylation sites (N-methyl/N-ethyl adjacent to an activating group) is 1. The van der Waals surface area contributed by atoms with Gasteiger partial charge in [-0.1, -0.05) is 18.2 Å². The molecule has 12 heteroatoms. The lowest BCUT2D eigenvalue weighted by molar-refractivity contribution is -0.125. The van der Waals surface area contributed by atoms with Crippen molar-refractivity contribution in [3.05, 3.63) is 72.2 Å². The van der Waals surface area contributed by atoms with Gasteiger partial charge in [0.2, 0.25) is 5.91 Å². The number of hydrogen-bond donors (Lipinski definition) is 2. The number of anilines is 2. The summed E-state index contributed by atoms with van der Waals surface area (Å²) in [6.07, 6.45) is 9.69. The molecule has 1 unspecified atom stereocenters. The average Bonchev–Trinajstić information content (AvgIpc) is 3.61. The number of amides is 2. The third-order valence-electron chi connectivity index (χ3n) is 7.71. The van der Waals surface area contributed by atoms with Gasteiger partial charge >= 0.3 is 0 Å². The Morgan fingerprint density at radius 2 is 1.98 bits per heavy atom. The number of nitrogen functional groups attached to an aromatic ring is 1. The summed E-state index contributed by atoms with van der Waals surface area (Å²) in [5, 5.41) is 17.3. The van der Waals surface area contributed by atoms with Crippen molar-refractivity contribution >= 4 is 34.5 Å². The van der Waals surface area contributed by atoms with Crippen molar-refractivity contribution < 1.29 is 9.59 Å². The lowest BCUT2D eigenvalue weighted by atomic mass is 10.1. The van der Waals surface area contributed by atoms with E-state index in [0.717, 1.165) is 18.5 Å². The van der Waals surface area contributed by atoms with E-state index in [-0.39, 0.29) is 17.9 Å². The zero-order chi connectivity index (χ0) is 29.2. The maximum atomic E-state index is 12.9. The number of nitrogens with zero attached hydrogens (tertiary/aromatic N) is 8. The fourth-order valence-electron chi connectivity index (χ4n) is 5.22. The molecule has 2 fully saturated rings. The van der Waals surface area contributed by atoms with Crippen molar-refractivity contribution in [2.45, 2.75) is 31.3 Å². The molecule has 42 heavy (non-hydrogen) atoms. The maximum Gasteiger partial charge on any atom is 0.256 e. The predicted molar refractivity (Wildman–Crippen MR) is 157 cm³/mol. The molecule has 1 atom stereocenters. The fourth-order valence-corrected chi connectivity index (χ4v) is 5.22. The molecule has 1 aromatic carbocycles. The van der Waals surface area contributed by atoms with E-state index in [1.807, 2.05) is 21.7 Å². The van der Waals surface area contributed by atoms with Crippen molar-refractivity contribution in [3.63, 3.8) is 0 Å². The van der Waals surface area contributed by atoms with Gasteiger partial charge in [-0.15, -0.1) is 0 Å². The summed E-state index contributed by atoms with van der Waals surface area (Å²) in [5.41, 5.74) is 9.07. The van der Waals surface area contributed by atoms with E-state index in [1.165, 1.54) is 31.4 Å². The van der Waals surface area contributed by atoms with Crippen LogP contribution < -0.4 is 11.1 Å². The van der Waals surface area contributed by atoms with Crippen LogP contribution in [0.25, 0.3) is 22.3 Å². The zero-order valence-corrected chi connectivity index (χ0v) is 23.1. The Kier molecular flexibility index (Phi) is 7.33. The molecule has 6 rings (SSSR count). The van der Waals surface area contributed by atoms with E-state index in [9.17, 15) is 9.59 Å². The van der Waals surface area contributed by atoms with Gasteiger partial charge < -0.3 is 16.0 Å². The van der Waals surface area contributed by atoms with Crippen LogP contribution >= 0.6 is 0 Å². The minimum atomic E-state index is -0.355. The lowest BCUT2D eigenvalue weighted by Crippen LogP contribution is -2.28. The van der Waals surface area contributed by atoms with Gasteiger partial charge in [0.15, 0.2) is 5.65 Å². The van der Waals surface area contributed by atoms with E-state index in [1.54, 1.807) is 36.4 Å². The normalized spacial score (nSPS) is 16.8. The summed E-state index contributed by atoms with van der Waals surface area (Å²) in [7, 11) is 2.09. The molecule has 1 saturated carbocycles. The lowest BCUT2D eigenvalue weighted by Gasteiger charge is -2.16. The zero-order valence-electron chi connectivity index (χ0n) is 23.1. The minimum Gasteiger partial charge on any atom is -0.383 e. The highest BCUT2D eigenvalue weighted by molar-refractivity contribution is 6.04. The molecule has 0 spiro atoms. The van der Waals surface area contributed by atoms with Gasteiger partial charge in [-0.25, -0.2) is 19.6 Å². The number of nitrogens with one attached hydrogen (secondary N) is 1. The van der Waals surface area contributed by atoms with Crippen LogP contribution in [-0.2, 0) is 4.79 Å². The van der Waals surface area contributed by atoms with Crippen LogP contribution in [0.5, 0.6) is 0 Å². The maximum absolute atomic E-state index is 12.9. The van der Waals surface area contributed by atoms with Gasteiger partial charge in [0.1, 0.15) is 23.7 Å². The standard InChI is InChI=1S/C30H30N10O2/c1-38(22-8-9-22)13-2-3-25(41)39-14-11-23(17-39)40-29-26(28(32)34-18-35-29)27(37-40)20-4-6-21(7-5-20)30(42)36-24-15-19(16-31)10-12-33-24/h2-7,10,12,15,18,22-23H,8-9,11,13-14,17H2,1H3,(H2,32,34,35)(H,33,36,42)/b3-2+. The van der Waals surface area contributed by atoms with Crippen LogP contribution in [-0.4, -0.2) is 79.1 Å². The number of benzene rings is 1. The van der Waals surface area contributed by atoms with Crippen molar-refractivity contribution in [2.75, 3.05) is 37.7 Å². The number of pyridine rings is 1. The first kappa shape index (κ1) is 27.0. The number of nitrogens with two attached hydrogens (primary N) is 1. The average molecular weight is 563 g/mol. The van der Waals surface area contributed by atoms with Crippen LogP contribution in [0, 0.1) is 11.3 Å². The molecule has 1 aliphatic heterocycles. The third-order valence-corrected chi connectivity index (χ3v) is 7.71. The Bertz CT molecular complexity index is 1720. The molecule has 2 aliphatic rings. The number of rotatable bonds is 8. The van der Waals surface area contributed by atoms with Crippen molar-refractivity contribution in [1.82, 2.24) is 34.5 Å². The molecule has 12 nitrogen and oxygen atoms in total. The van der Waals surface area contributed by atoms with Crippen LogP contribution in [0.15, 0.2) is 61.1 Å². The molecule has 3 aromatic heterocycles. The number of carbonyl (C=O) groups excluding carboxylic acids is 2. The first-order valence-corrected chi connectivity index (χ1v) is 13.8. The molecule has 3 N–H and O–H groups in total. The van der Waals surface area contributed by atoms with Crippen molar-refractivity contribution in [1.29, 1.82) is 5.26 Å². The highest BCUT2D eigenvalue weighted by Gasteiger charge is 2.30. The number of aromatic nitrogens is 5. The van der Waals surface area contributed by atoms with Gasteiger partial charge in [-0.05, 0) is 50.6 Å². The molecule has 1 aliphatic carbocycles. The first-order chi connectivity index (χ1) is 20.4. The second-order valence-electron chi connectivity index (χ2n) is 10.6. The summed E-state index contributed by atoms with van der Waals surface area (Å²) in [5.74, 6) is 0.241. The minimum absolute atomic E-state index is 0.00376. The van der Waals surface area contributed by atoms with E-state index < -0.39 is 0 Å². The largest absolute Gasteiger partial charge is 0.383 e. The Morgan fingerprint density at radius 1 is 1.17 bits per heavy atom. The molecule has 4 aromatic rings. The summed E-state index contributed by atoms with van der Waals surface area (Å²) in [6.45, 7) is 1.91. The van der Waals surface area contributed by atoms with Gasteiger partial charge in [-0.2, -0.15) is 10.4 Å². The van der Waals surface area contributed by atoms with Gasteiger partial charge in [-0.3, -0.25) is 14.5 Å². The predicted octanol–water partition coefficient (Wildman–Crippen LogP) is 3.02. The number of nitriles is 1. The SMILES string of the molecule is CN(C/C=C/C(=O)N1CCC(n2nc(-c3ccc(C(=O)Nc4cc(C#N)ccn4)cc3)c3c(N)ncnc32)C1)C1CC1. The highest BCUT2D eigenvalue weighted by atomic mass is 16.2. The number of fused-ring (bicyclic) bond motifs is 1. The molecular weight excluding hydrogens is 532 g/mol. The quantitative estimate of drug-likeness (QED) is 0.308. The fraction of sp³-hybridized carbons (Fsp3) is 0.300. The Labute approximate surface area is 242 Å². The molecule has 4 heterocycles. The Balaban J connectivity index is 1.20. The molecule has 0 radical (unpaired) electrons. The van der Waals surface area contributed by atoms with E-state index >= 15 is 0 Å². The molecule has 1 saturated heterocycles. The second kappa shape index (κ2) is 11.4. The van der Waals surface area contributed by atoms with Crippen LogP contribution in [0.4, 0.5) is 11.6 Å². The topological polar surface area (TPSA) is 159 Å². The van der Waals surface area contributed by atoms with Crippen LogP contribution in [0.3, 0.4) is 0 Å². The van der Waals surface area contributed by atoms with Gasteiger partial charge in [0.05, 0.1) is 23.1 Å². The Morgan fingerprint density at radius 3 is 2.74 bits per heavy atom. The van der Waals surface area contributed by atoms with Crippen molar-refractivity contribution in [3.8, 4) is 17.3 Å². The molecule has 0 bridgehead atoms. The Hall–Kier alpha value is -5.15. The van der Waals surface area contributed by atoms with Crippen LogP contribution in [0.1, 0.15) is 41.2 Å². The smallest absolute Gasteiger partial charge is 0.256 e. The van der Waals surface area contributed by atoms with E-state index in [4.69, 9.17) is 16.1 Å². The molecular formula is C30H30N10O2. The summed E-state index contributed by atoms with van der Waals surface area (Å²) >= 11 is 0. The highest BCUT2D eigenvalue weighted by Crippen LogP contribution is 2.34. The summed E-state index contributed by atoms with van der Waals surface area (Å²) in [6, 6.07) is 12.6. The molecule has 212 valence electrons. The van der Waals surface area contributed by atoms with Crippen molar-refractivity contribution in [2.24, 2.45) is 0 Å². The third kappa shape index (κ3) is 5.55. The van der Waals surface area contributed by atoms with Gasteiger partial charge in [0.25, 0.3) is 5.91 Å². The second-order valence-corrected chi connectivity index (χ2v) is 10.6. The number of hydrogen-bond acceptors (Lipinski definition) is 9. The van der Waals surface area contributed by atoms with Crippen LogP contribution in [0.2, 0.25) is 0 Å². The van der Waals surface area contributed by atoms with Gasteiger partial charge in [0, 0.05) is 49.1 Å². The number of carbonyl (C=O) groups is 2. The summed E-state index contributed by atoms with van der Waals surface area (Å²) in [4.78, 5) is 42.5. The van der Waals surface area contributed by atoms with E-state index in [2.05, 4.69) is 32.2 Å². The number of likely N-dealkylation sites (tertiary alicyclic amines) is 1. The first-order valence-electron chi connectivity index (χ1n) is 13.8. The summed E-state index contributed by atoms with van der Waals surface area (Å²) < 4.78 is 1.84.